The second-order valence-corrected chi connectivity index (χ2v) is 12.9. The highest BCUT2D eigenvalue weighted by Crippen LogP contribution is 2.55. The molecule has 0 spiro atoms. The van der Waals surface area contributed by atoms with Gasteiger partial charge in [-0.25, -0.2) is 0 Å². The van der Waals surface area contributed by atoms with E-state index in [-0.39, 0.29) is 5.41 Å². The Morgan fingerprint density at radius 1 is 0.432 bits per heavy atom. The minimum atomic E-state index is -0.139. The summed E-state index contributed by atoms with van der Waals surface area (Å²) in [5.41, 5.74) is 9.14. The lowest BCUT2D eigenvalue weighted by molar-refractivity contribution is 0.661. The number of para-hydroxylation sites is 2. The predicted octanol–water partition coefficient (Wildman–Crippen LogP) is 11.7. The highest BCUT2D eigenvalue weighted by molar-refractivity contribution is 6.31. The number of aromatic nitrogens is 1. The second kappa shape index (κ2) is 8.36. The van der Waals surface area contributed by atoms with Gasteiger partial charge in [0.15, 0.2) is 0 Å². The van der Waals surface area contributed by atoms with Crippen molar-refractivity contribution in [3.63, 3.8) is 0 Å². The molecule has 0 saturated heterocycles. The Morgan fingerprint density at radius 3 is 1.84 bits per heavy atom. The average molecular weight is 560 g/mol. The van der Waals surface area contributed by atoms with Gasteiger partial charge in [0.2, 0.25) is 0 Å². The van der Waals surface area contributed by atoms with E-state index in [0.717, 1.165) is 0 Å². The molecule has 206 valence electrons. The van der Waals surface area contributed by atoms with E-state index in [0.29, 0.717) is 0 Å². The molecular weight excluding hydrogens is 530 g/mol. The summed E-state index contributed by atoms with van der Waals surface area (Å²) in [7, 11) is 0. The fraction of sp³-hybridized carbons (Fsp3) is 0.0698. The van der Waals surface area contributed by atoms with Crippen LogP contribution in [0.4, 0.5) is 0 Å². The van der Waals surface area contributed by atoms with E-state index in [1.165, 1.54) is 92.8 Å². The molecule has 1 nitrogen and oxygen atoms in total. The molecule has 0 saturated carbocycles. The van der Waals surface area contributed by atoms with E-state index >= 15 is 0 Å². The van der Waals surface area contributed by atoms with Crippen molar-refractivity contribution in [3.8, 4) is 16.8 Å². The minimum Gasteiger partial charge on any atom is -0.309 e. The number of hydrogen-bond donors (Lipinski definition) is 0. The van der Waals surface area contributed by atoms with E-state index in [1.807, 2.05) is 0 Å². The van der Waals surface area contributed by atoms with Crippen molar-refractivity contribution in [2.75, 3.05) is 0 Å². The second-order valence-electron chi connectivity index (χ2n) is 12.9. The lowest BCUT2D eigenvalue weighted by atomic mass is 9.81. The minimum absolute atomic E-state index is 0.139. The third kappa shape index (κ3) is 2.99. The van der Waals surface area contributed by atoms with Gasteiger partial charge in [0.05, 0.1) is 11.0 Å². The first-order valence-electron chi connectivity index (χ1n) is 15.5. The van der Waals surface area contributed by atoms with Gasteiger partial charge >= 0.3 is 0 Å². The molecule has 1 aliphatic carbocycles. The van der Waals surface area contributed by atoms with Crippen molar-refractivity contribution in [1.82, 2.24) is 4.57 Å². The van der Waals surface area contributed by atoms with Crippen LogP contribution in [-0.2, 0) is 5.41 Å². The van der Waals surface area contributed by atoms with Gasteiger partial charge in [-0.05, 0) is 108 Å². The van der Waals surface area contributed by atoms with Crippen LogP contribution in [-0.4, -0.2) is 4.57 Å². The molecule has 0 atom stereocenters. The lowest BCUT2D eigenvalue weighted by Crippen LogP contribution is -2.15. The molecule has 1 heterocycles. The molecule has 9 aromatic rings. The largest absolute Gasteiger partial charge is 0.309 e. The van der Waals surface area contributed by atoms with Crippen molar-refractivity contribution in [1.29, 1.82) is 0 Å². The topological polar surface area (TPSA) is 4.93 Å². The molecule has 0 amide bonds. The molecule has 0 N–H and O–H groups in total. The third-order valence-corrected chi connectivity index (χ3v) is 10.3. The van der Waals surface area contributed by atoms with Gasteiger partial charge in [0.1, 0.15) is 0 Å². The van der Waals surface area contributed by atoms with E-state index < -0.39 is 0 Å². The summed E-state index contributed by atoms with van der Waals surface area (Å²) >= 11 is 0. The number of hydrogen-bond acceptors (Lipinski definition) is 0. The maximum Gasteiger partial charge on any atom is 0.0544 e. The highest BCUT2D eigenvalue weighted by atomic mass is 15.0. The monoisotopic (exact) mass is 559 g/mol. The Kier molecular flexibility index (Phi) is 4.58. The lowest BCUT2D eigenvalue weighted by Gasteiger charge is -2.22. The number of nitrogens with zero attached hydrogens (tertiary/aromatic N) is 1. The molecule has 44 heavy (non-hydrogen) atoms. The van der Waals surface area contributed by atoms with Gasteiger partial charge in [-0.15, -0.1) is 0 Å². The van der Waals surface area contributed by atoms with Crippen molar-refractivity contribution >= 4 is 64.9 Å². The molecule has 1 heteroatoms. The van der Waals surface area contributed by atoms with Crippen molar-refractivity contribution in [2.45, 2.75) is 19.3 Å². The van der Waals surface area contributed by atoms with Crippen LogP contribution in [0, 0.1) is 0 Å². The first-order valence-corrected chi connectivity index (χ1v) is 15.5. The fourth-order valence-corrected chi connectivity index (χ4v) is 8.27. The quantitative estimate of drug-likeness (QED) is 0.139. The van der Waals surface area contributed by atoms with E-state index in [9.17, 15) is 0 Å². The van der Waals surface area contributed by atoms with Crippen LogP contribution in [0.1, 0.15) is 25.0 Å². The molecule has 8 aromatic carbocycles. The predicted molar refractivity (Wildman–Crippen MR) is 188 cm³/mol. The summed E-state index contributed by atoms with van der Waals surface area (Å²) < 4.78 is 2.44. The summed E-state index contributed by atoms with van der Waals surface area (Å²) in [5.74, 6) is 0. The SMILES string of the molecule is CC1(C)c2cc3c(cc2-c2c1ccc1c4ccccc4c4cc5ccccc5cc4c21)c1ccccc1n3-c1ccccc1. The summed E-state index contributed by atoms with van der Waals surface area (Å²) in [6, 6.07) is 52.0. The van der Waals surface area contributed by atoms with Crippen LogP contribution < -0.4 is 0 Å². The molecule has 0 aliphatic heterocycles. The zero-order valence-electron chi connectivity index (χ0n) is 24.7. The van der Waals surface area contributed by atoms with Gasteiger partial charge in [0, 0.05) is 21.9 Å². The van der Waals surface area contributed by atoms with Gasteiger partial charge in [-0.2, -0.15) is 0 Å². The summed E-state index contributed by atoms with van der Waals surface area (Å²) in [6.45, 7) is 4.81. The zero-order chi connectivity index (χ0) is 29.2. The molecule has 0 fully saturated rings. The summed E-state index contributed by atoms with van der Waals surface area (Å²) in [4.78, 5) is 0. The maximum atomic E-state index is 2.50. The normalized spacial score (nSPS) is 13.9. The molecule has 1 aliphatic rings. The third-order valence-electron chi connectivity index (χ3n) is 10.3. The molecule has 0 bridgehead atoms. The van der Waals surface area contributed by atoms with Crippen molar-refractivity contribution in [3.05, 3.63) is 151 Å². The first-order chi connectivity index (χ1) is 21.6. The van der Waals surface area contributed by atoms with Gasteiger partial charge in [0.25, 0.3) is 0 Å². The van der Waals surface area contributed by atoms with Crippen LogP contribution >= 0.6 is 0 Å². The summed E-state index contributed by atoms with van der Waals surface area (Å²) in [5, 5.41) is 13.2. The molecular formula is C43H29N. The van der Waals surface area contributed by atoms with Gasteiger partial charge in [-0.3, -0.25) is 0 Å². The smallest absolute Gasteiger partial charge is 0.0544 e. The Bertz CT molecular complexity index is 2670. The van der Waals surface area contributed by atoms with Crippen LogP contribution in [0.5, 0.6) is 0 Å². The molecule has 10 rings (SSSR count). The molecule has 1 aromatic heterocycles. The molecule has 0 unspecified atom stereocenters. The standard InChI is InChI=1S/C43H29N/c1-43(2)37-21-20-32-29-16-8-9-17-30(29)33-22-26-12-6-7-13-27(26)23-35(33)41(32)42(37)36-24-34-31-18-10-11-19-39(31)44(40(34)25-38(36)43)28-14-4-3-5-15-28/h3-25H,1-2H3. The zero-order valence-corrected chi connectivity index (χ0v) is 24.7. The number of rotatable bonds is 1. The van der Waals surface area contributed by atoms with Crippen molar-refractivity contribution in [2.24, 2.45) is 0 Å². The fourth-order valence-electron chi connectivity index (χ4n) is 8.27. The van der Waals surface area contributed by atoms with Crippen LogP contribution in [0.2, 0.25) is 0 Å². The van der Waals surface area contributed by atoms with E-state index in [2.05, 4.69) is 158 Å². The van der Waals surface area contributed by atoms with Crippen LogP contribution in [0.25, 0.3) is 81.7 Å². The first kappa shape index (κ1) is 24.1. The van der Waals surface area contributed by atoms with Crippen LogP contribution in [0.15, 0.2) is 140 Å². The molecule has 0 radical (unpaired) electrons. The van der Waals surface area contributed by atoms with Crippen LogP contribution in [0.3, 0.4) is 0 Å². The highest BCUT2D eigenvalue weighted by Gasteiger charge is 2.38. The number of benzene rings is 8. The Hall–Kier alpha value is -5.40. The maximum absolute atomic E-state index is 2.50. The van der Waals surface area contributed by atoms with Gasteiger partial charge in [-0.1, -0.05) is 111 Å². The van der Waals surface area contributed by atoms with E-state index in [1.54, 1.807) is 0 Å². The Balaban J connectivity index is 1.41. The average Bonchev–Trinajstić information content (AvgIpc) is 3.51. The number of fused-ring (bicyclic) bond motifs is 14. The van der Waals surface area contributed by atoms with E-state index in [4.69, 9.17) is 0 Å². The Labute approximate surface area is 255 Å². The summed E-state index contributed by atoms with van der Waals surface area (Å²) in [6.07, 6.45) is 0. The van der Waals surface area contributed by atoms with Crippen molar-refractivity contribution < 1.29 is 0 Å². The van der Waals surface area contributed by atoms with Gasteiger partial charge < -0.3 is 4.57 Å². The Morgan fingerprint density at radius 2 is 1.07 bits per heavy atom.